The number of hydrazine groups is 1. The fourth-order valence-corrected chi connectivity index (χ4v) is 3.08. The molecule has 0 aromatic carbocycles. The van der Waals surface area contributed by atoms with Crippen molar-refractivity contribution in [1.82, 2.24) is 10.3 Å². The molecule has 1 atom stereocenters. The number of hydrogen-bond donors (Lipinski definition) is 2. The molecule has 1 unspecified atom stereocenters. The average molecular weight is 252 g/mol. The standard InChI is InChI=1S/C14H28N4/c1-14(2,3)11-8-9-18(10-11)13(17-15)16-12-6-4-5-7-12/h11-12H,4-10,15H2,1-3H3,(H,16,17). The fraction of sp³-hybridized carbons (Fsp3) is 0.929. The average Bonchev–Trinajstić information content (AvgIpc) is 2.95. The molecule has 0 aromatic heterocycles. The number of aliphatic imine (C=N–C) groups is 1. The second-order valence-electron chi connectivity index (χ2n) is 6.83. The van der Waals surface area contributed by atoms with Gasteiger partial charge in [0.25, 0.3) is 0 Å². The van der Waals surface area contributed by atoms with Crippen LogP contribution in [0.1, 0.15) is 52.9 Å². The number of nitrogens with two attached hydrogens (primary N) is 1. The zero-order chi connectivity index (χ0) is 13.2. The number of hydrogen-bond acceptors (Lipinski definition) is 2. The second kappa shape index (κ2) is 5.47. The summed E-state index contributed by atoms with van der Waals surface area (Å²) in [6.07, 6.45) is 6.32. The molecule has 1 saturated heterocycles. The first kappa shape index (κ1) is 13.7. The van der Waals surface area contributed by atoms with E-state index in [0.717, 1.165) is 25.0 Å². The Kier molecular flexibility index (Phi) is 4.15. The van der Waals surface area contributed by atoms with Gasteiger partial charge >= 0.3 is 0 Å². The van der Waals surface area contributed by atoms with Crippen molar-refractivity contribution in [3.05, 3.63) is 0 Å². The molecule has 0 aromatic rings. The highest BCUT2D eigenvalue weighted by Crippen LogP contribution is 2.33. The van der Waals surface area contributed by atoms with Crippen molar-refractivity contribution in [2.24, 2.45) is 22.2 Å². The monoisotopic (exact) mass is 252 g/mol. The van der Waals surface area contributed by atoms with Gasteiger partial charge in [-0.15, -0.1) is 0 Å². The SMILES string of the molecule is CC(C)(C)C1CCN(C(=NC2CCCC2)NN)C1. The zero-order valence-corrected chi connectivity index (χ0v) is 12.1. The minimum absolute atomic E-state index is 0.377. The van der Waals surface area contributed by atoms with Gasteiger partial charge in [-0.05, 0) is 30.6 Å². The van der Waals surface area contributed by atoms with Crippen LogP contribution in [0.2, 0.25) is 0 Å². The summed E-state index contributed by atoms with van der Waals surface area (Å²) in [6, 6.07) is 0.490. The van der Waals surface area contributed by atoms with Gasteiger partial charge in [-0.2, -0.15) is 0 Å². The van der Waals surface area contributed by atoms with Crippen LogP contribution in [-0.4, -0.2) is 30.0 Å². The predicted molar refractivity (Wildman–Crippen MR) is 76.1 cm³/mol. The van der Waals surface area contributed by atoms with E-state index in [4.69, 9.17) is 10.8 Å². The van der Waals surface area contributed by atoms with Gasteiger partial charge in [-0.3, -0.25) is 5.43 Å². The Hall–Kier alpha value is -0.770. The highest BCUT2D eigenvalue weighted by atomic mass is 15.4. The molecular weight excluding hydrogens is 224 g/mol. The van der Waals surface area contributed by atoms with E-state index in [9.17, 15) is 0 Å². The minimum atomic E-state index is 0.377. The first-order valence-corrected chi connectivity index (χ1v) is 7.30. The van der Waals surface area contributed by atoms with E-state index in [2.05, 4.69) is 31.1 Å². The second-order valence-corrected chi connectivity index (χ2v) is 6.83. The first-order valence-electron chi connectivity index (χ1n) is 7.30. The minimum Gasteiger partial charge on any atom is -0.342 e. The van der Waals surface area contributed by atoms with Gasteiger partial charge in [0.2, 0.25) is 5.96 Å². The summed E-state index contributed by atoms with van der Waals surface area (Å²) in [6.45, 7) is 9.14. The smallest absolute Gasteiger partial charge is 0.208 e. The van der Waals surface area contributed by atoms with Crippen molar-refractivity contribution in [2.45, 2.75) is 58.9 Å². The van der Waals surface area contributed by atoms with Crippen molar-refractivity contribution < 1.29 is 0 Å². The molecule has 1 saturated carbocycles. The summed E-state index contributed by atoms with van der Waals surface area (Å²) in [5.74, 6) is 7.31. The maximum Gasteiger partial charge on any atom is 0.208 e. The Labute approximate surface area is 111 Å². The lowest BCUT2D eigenvalue weighted by atomic mass is 9.80. The van der Waals surface area contributed by atoms with Gasteiger partial charge in [-0.1, -0.05) is 33.6 Å². The highest BCUT2D eigenvalue weighted by Gasteiger charge is 2.33. The maximum absolute atomic E-state index is 5.66. The summed E-state index contributed by atoms with van der Waals surface area (Å²) in [5, 5.41) is 0. The van der Waals surface area contributed by atoms with Crippen LogP contribution in [0.25, 0.3) is 0 Å². The summed E-state index contributed by atoms with van der Waals surface area (Å²) >= 11 is 0. The topological polar surface area (TPSA) is 53.6 Å². The number of nitrogens with one attached hydrogen (secondary N) is 1. The van der Waals surface area contributed by atoms with Gasteiger partial charge in [-0.25, -0.2) is 10.8 Å². The Morgan fingerprint density at radius 1 is 1.22 bits per heavy atom. The molecule has 0 amide bonds. The number of rotatable bonds is 1. The van der Waals surface area contributed by atoms with E-state index in [1.54, 1.807) is 0 Å². The molecule has 2 rings (SSSR count). The molecular formula is C14H28N4. The van der Waals surface area contributed by atoms with E-state index < -0.39 is 0 Å². The molecule has 104 valence electrons. The van der Waals surface area contributed by atoms with E-state index in [-0.39, 0.29) is 0 Å². The number of guanidine groups is 1. The Bertz CT molecular complexity index is 299. The van der Waals surface area contributed by atoms with Crippen LogP contribution in [0.4, 0.5) is 0 Å². The molecule has 3 N–H and O–H groups in total. The van der Waals surface area contributed by atoms with Crippen molar-refractivity contribution in [1.29, 1.82) is 0 Å². The number of likely N-dealkylation sites (tertiary alicyclic amines) is 1. The van der Waals surface area contributed by atoms with Crippen molar-refractivity contribution in [3.8, 4) is 0 Å². The van der Waals surface area contributed by atoms with Crippen LogP contribution in [0.3, 0.4) is 0 Å². The first-order chi connectivity index (χ1) is 8.50. The molecule has 0 radical (unpaired) electrons. The van der Waals surface area contributed by atoms with Gasteiger partial charge in [0, 0.05) is 13.1 Å². The third-order valence-corrected chi connectivity index (χ3v) is 4.47. The molecule has 1 heterocycles. The van der Waals surface area contributed by atoms with Gasteiger partial charge in [0.1, 0.15) is 0 Å². The van der Waals surface area contributed by atoms with E-state index in [1.165, 1.54) is 32.1 Å². The highest BCUT2D eigenvalue weighted by molar-refractivity contribution is 5.79. The van der Waals surface area contributed by atoms with E-state index in [0.29, 0.717) is 11.5 Å². The van der Waals surface area contributed by atoms with Gasteiger partial charge in [0.15, 0.2) is 0 Å². The molecule has 1 aliphatic heterocycles. The summed E-state index contributed by atoms with van der Waals surface area (Å²) in [4.78, 5) is 7.13. The van der Waals surface area contributed by atoms with Crippen LogP contribution in [-0.2, 0) is 0 Å². The third-order valence-electron chi connectivity index (χ3n) is 4.47. The Morgan fingerprint density at radius 3 is 2.39 bits per heavy atom. The van der Waals surface area contributed by atoms with Gasteiger partial charge in [0.05, 0.1) is 6.04 Å². The Morgan fingerprint density at radius 2 is 1.89 bits per heavy atom. The van der Waals surface area contributed by atoms with Crippen molar-refractivity contribution >= 4 is 5.96 Å². The van der Waals surface area contributed by atoms with E-state index in [1.807, 2.05) is 0 Å². The Balaban J connectivity index is 1.97. The van der Waals surface area contributed by atoms with Crippen LogP contribution >= 0.6 is 0 Å². The zero-order valence-electron chi connectivity index (χ0n) is 12.1. The summed E-state index contributed by atoms with van der Waals surface area (Å²) in [7, 11) is 0. The number of nitrogens with zero attached hydrogens (tertiary/aromatic N) is 2. The summed E-state index contributed by atoms with van der Waals surface area (Å²) in [5.41, 5.74) is 3.20. The third kappa shape index (κ3) is 3.16. The molecule has 0 bridgehead atoms. The summed E-state index contributed by atoms with van der Waals surface area (Å²) < 4.78 is 0. The predicted octanol–water partition coefficient (Wildman–Crippen LogP) is 2.12. The van der Waals surface area contributed by atoms with Gasteiger partial charge < -0.3 is 4.90 Å². The molecule has 0 spiro atoms. The molecule has 1 aliphatic carbocycles. The lowest BCUT2D eigenvalue weighted by Crippen LogP contribution is -2.44. The van der Waals surface area contributed by atoms with Crippen LogP contribution < -0.4 is 11.3 Å². The normalized spacial score (nSPS) is 27.0. The fourth-order valence-electron chi connectivity index (χ4n) is 3.08. The molecule has 2 fully saturated rings. The van der Waals surface area contributed by atoms with Crippen molar-refractivity contribution in [2.75, 3.05) is 13.1 Å². The largest absolute Gasteiger partial charge is 0.342 e. The van der Waals surface area contributed by atoms with Crippen LogP contribution in [0, 0.1) is 11.3 Å². The molecule has 2 aliphatic rings. The molecule has 4 nitrogen and oxygen atoms in total. The molecule has 18 heavy (non-hydrogen) atoms. The lowest BCUT2D eigenvalue weighted by Gasteiger charge is -2.28. The quantitative estimate of drug-likeness (QED) is 0.325. The van der Waals surface area contributed by atoms with Crippen LogP contribution in [0.15, 0.2) is 4.99 Å². The maximum atomic E-state index is 5.66. The van der Waals surface area contributed by atoms with Crippen LogP contribution in [0.5, 0.6) is 0 Å². The molecule has 4 heteroatoms. The van der Waals surface area contributed by atoms with E-state index >= 15 is 0 Å². The lowest BCUT2D eigenvalue weighted by molar-refractivity contribution is 0.249. The van der Waals surface area contributed by atoms with Crippen molar-refractivity contribution in [3.63, 3.8) is 0 Å².